The molecule has 0 saturated heterocycles. The summed E-state index contributed by atoms with van der Waals surface area (Å²) < 4.78 is 33.7. The number of alkyl halides is 2. The van der Waals surface area contributed by atoms with Crippen LogP contribution >= 0.6 is 0 Å². The number of carbonyl (C=O) groups is 1. The van der Waals surface area contributed by atoms with Crippen molar-refractivity contribution in [2.75, 3.05) is 56.9 Å². The van der Waals surface area contributed by atoms with E-state index in [1.54, 1.807) is 31.6 Å². The summed E-state index contributed by atoms with van der Waals surface area (Å²) in [6, 6.07) is 12.7. The third kappa shape index (κ3) is 6.55. The minimum Gasteiger partial charge on any atom is -0.494 e. The Labute approximate surface area is 232 Å². The van der Waals surface area contributed by atoms with Crippen LogP contribution in [0.4, 0.5) is 31.8 Å². The molecule has 11 heteroatoms. The molecule has 0 atom stereocenters. The summed E-state index contributed by atoms with van der Waals surface area (Å²) in [4.78, 5) is 25.4. The highest BCUT2D eigenvalue weighted by Crippen LogP contribution is 2.38. The molecule has 0 unspecified atom stereocenters. The zero-order valence-corrected chi connectivity index (χ0v) is 23.0. The van der Waals surface area contributed by atoms with E-state index < -0.39 is 13.0 Å². The first kappa shape index (κ1) is 28.5. The molecule has 9 nitrogen and oxygen atoms in total. The molecule has 0 spiro atoms. The number of rotatable bonds is 12. The Morgan fingerprint density at radius 2 is 1.93 bits per heavy atom. The van der Waals surface area contributed by atoms with Crippen molar-refractivity contribution < 1.29 is 18.3 Å². The first-order valence-electron chi connectivity index (χ1n) is 12.7. The van der Waals surface area contributed by atoms with Gasteiger partial charge in [0.05, 0.1) is 36.4 Å². The van der Waals surface area contributed by atoms with Crippen LogP contribution in [0.25, 0.3) is 22.2 Å². The van der Waals surface area contributed by atoms with Gasteiger partial charge < -0.3 is 29.7 Å². The van der Waals surface area contributed by atoms with Gasteiger partial charge in [-0.1, -0.05) is 24.8 Å². The largest absolute Gasteiger partial charge is 0.494 e. The molecule has 0 aliphatic heterocycles. The van der Waals surface area contributed by atoms with E-state index in [1.807, 2.05) is 56.4 Å². The molecule has 4 aromatic rings. The molecule has 2 aromatic heterocycles. The molecule has 0 aliphatic carbocycles. The molecule has 0 bridgehead atoms. The van der Waals surface area contributed by atoms with Crippen molar-refractivity contribution in [1.29, 1.82) is 0 Å². The van der Waals surface area contributed by atoms with Gasteiger partial charge in [-0.05, 0) is 38.4 Å². The van der Waals surface area contributed by atoms with Crippen LogP contribution in [-0.4, -0.2) is 73.1 Å². The molecule has 0 radical (unpaired) electrons. The van der Waals surface area contributed by atoms with Crippen LogP contribution in [0.3, 0.4) is 0 Å². The Kier molecular flexibility index (Phi) is 8.95. The van der Waals surface area contributed by atoms with Crippen molar-refractivity contribution in [3.05, 3.63) is 67.5 Å². The standard InChI is InChI=1S/C29H33F2N7O2/c1-6-28(39)33-22-15-23(26(40-5)16-25(22)37(4)14-13-36(2)3)35-29-32-12-11-21(34-29)20-17-38(18-27(30)31)24-10-8-7-9-19(20)24/h6-12,15-17,27H,1,13-14,18H2,2-5H3,(H,33,39)(H,32,34,35). The van der Waals surface area contributed by atoms with Crippen molar-refractivity contribution in [3.63, 3.8) is 0 Å². The topological polar surface area (TPSA) is 87.5 Å². The fraction of sp³-hybridized carbons (Fsp3) is 0.276. The van der Waals surface area contributed by atoms with Gasteiger partial charge in [-0.25, -0.2) is 18.7 Å². The van der Waals surface area contributed by atoms with Gasteiger partial charge >= 0.3 is 0 Å². The van der Waals surface area contributed by atoms with Gasteiger partial charge in [0.15, 0.2) is 0 Å². The minimum atomic E-state index is -2.49. The number of nitrogens with zero attached hydrogens (tertiary/aromatic N) is 5. The van der Waals surface area contributed by atoms with Crippen LogP contribution in [0, 0.1) is 0 Å². The molecule has 2 heterocycles. The lowest BCUT2D eigenvalue weighted by Gasteiger charge is -2.26. The summed E-state index contributed by atoms with van der Waals surface area (Å²) in [5.74, 6) is 0.443. The number of halogens is 2. The number of likely N-dealkylation sites (N-methyl/N-ethyl adjacent to an activating group) is 2. The van der Waals surface area contributed by atoms with Crippen molar-refractivity contribution >= 4 is 39.8 Å². The van der Waals surface area contributed by atoms with Gasteiger partial charge in [-0.3, -0.25) is 4.79 Å². The average molecular weight is 550 g/mol. The Hall–Kier alpha value is -4.51. The Bertz CT molecular complexity index is 1500. The number of aromatic nitrogens is 3. The van der Waals surface area contributed by atoms with E-state index in [4.69, 9.17) is 4.74 Å². The lowest BCUT2D eigenvalue weighted by Crippen LogP contribution is -2.29. The number of methoxy groups -OCH3 is 1. The molecule has 210 valence electrons. The number of hydrogen-bond donors (Lipinski definition) is 2. The molecule has 2 aromatic carbocycles. The molecular weight excluding hydrogens is 516 g/mol. The van der Waals surface area contributed by atoms with Crippen molar-refractivity contribution in [2.24, 2.45) is 0 Å². The smallest absolute Gasteiger partial charge is 0.256 e. The zero-order chi connectivity index (χ0) is 28.8. The quantitative estimate of drug-likeness (QED) is 0.234. The molecule has 40 heavy (non-hydrogen) atoms. The zero-order valence-electron chi connectivity index (χ0n) is 23.0. The SMILES string of the molecule is C=CC(=O)Nc1cc(Nc2nccc(-c3cn(CC(F)F)c4ccccc34)n2)c(OC)cc1N(C)CCN(C)C. The van der Waals surface area contributed by atoms with Crippen molar-refractivity contribution in [1.82, 2.24) is 19.4 Å². The normalized spacial score (nSPS) is 11.2. The van der Waals surface area contributed by atoms with Crippen LogP contribution in [-0.2, 0) is 11.3 Å². The van der Waals surface area contributed by atoms with Crippen LogP contribution in [0.1, 0.15) is 0 Å². The molecule has 0 saturated carbocycles. The Morgan fingerprint density at radius 3 is 2.62 bits per heavy atom. The van der Waals surface area contributed by atoms with Gasteiger partial charge in [-0.2, -0.15) is 0 Å². The number of ether oxygens (including phenoxy) is 1. The van der Waals surface area contributed by atoms with Gasteiger partial charge in [0.1, 0.15) is 5.75 Å². The van der Waals surface area contributed by atoms with Crippen LogP contribution in [0.2, 0.25) is 0 Å². The Balaban J connectivity index is 1.71. The second kappa shape index (κ2) is 12.6. The molecule has 2 N–H and O–H groups in total. The number of nitrogens with one attached hydrogen (secondary N) is 2. The monoisotopic (exact) mass is 549 g/mol. The molecule has 1 amide bonds. The lowest BCUT2D eigenvalue weighted by molar-refractivity contribution is -0.111. The summed E-state index contributed by atoms with van der Waals surface area (Å²) in [5.41, 5.74) is 3.83. The third-order valence-corrected chi connectivity index (χ3v) is 6.36. The average Bonchev–Trinajstić information content (AvgIpc) is 3.29. The number of fused-ring (bicyclic) bond motifs is 1. The fourth-order valence-electron chi connectivity index (χ4n) is 4.35. The highest BCUT2D eigenvalue weighted by atomic mass is 19.3. The number of amides is 1. The second-order valence-corrected chi connectivity index (χ2v) is 9.48. The van der Waals surface area contributed by atoms with Gasteiger partial charge in [0.25, 0.3) is 6.43 Å². The third-order valence-electron chi connectivity index (χ3n) is 6.36. The number of benzene rings is 2. The predicted octanol–water partition coefficient (Wildman–Crippen LogP) is 5.24. The summed E-state index contributed by atoms with van der Waals surface area (Å²) in [5, 5.41) is 6.87. The highest BCUT2D eigenvalue weighted by Gasteiger charge is 2.18. The van der Waals surface area contributed by atoms with Crippen LogP contribution in [0.5, 0.6) is 5.75 Å². The maximum absolute atomic E-state index is 13.2. The maximum atomic E-state index is 13.2. The fourth-order valence-corrected chi connectivity index (χ4v) is 4.35. The molecule has 0 aliphatic rings. The van der Waals surface area contributed by atoms with E-state index in [9.17, 15) is 13.6 Å². The van der Waals surface area contributed by atoms with Gasteiger partial charge in [0, 0.05) is 55.1 Å². The summed E-state index contributed by atoms with van der Waals surface area (Å²) in [6.45, 7) is 4.66. The molecule has 4 rings (SSSR count). The van der Waals surface area contributed by atoms with Crippen molar-refractivity contribution in [2.45, 2.75) is 13.0 Å². The Morgan fingerprint density at radius 1 is 1.15 bits per heavy atom. The number of carbonyl (C=O) groups excluding carboxylic acids is 1. The lowest BCUT2D eigenvalue weighted by atomic mass is 10.1. The number of para-hydroxylation sites is 1. The number of anilines is 4. The number of hydrogen-bond acceptors (Lipinski definition) is 7. The summed E-state index contributed by atoms with van der Waals surface area (Å²) in [6.07, 6.45) is 2.00. The van der Waals surface area contributed by atoms with E-state index in [1.165, 1.54) is 10.6 Å². The molecule has 0 fully saturated rings. The maximum Gasteiger partial charge on any atom is 0.256 e. The van der Waals surface area contributed by atoms with Crippen LogP contribution < -0.4 is 20.3 Å². The second-order valence-electron chi connectivity index (χ2n) is 9.48. The van der Waals surface area contributed by atoms with E-state index in [0.717, 1.165) is 17.6 Å². The first-order chi connectivity index (χ1) is 19.2. The van der Waals surface area contributed by atoms with Gasteiger partial charge in [0.2, 0.25) is 11.9 Å². The first-order valence-corrected chi connectivity index (χ1v) is 12.7. The van der Waals surface area contributed by atoms with Crippen molar-refractivity contribution in [3.8, 4) is 17.0 Å². The van der Waals surface area contributed by atoms with E-state index in [-0.39, 0.29) is 11.9 Å². The minimum absolute atomic E-state index is 0.274. The highest BCUT2D eigenvalue weighted by molar-refractivity contribution is 6.02. The predicted molar refractivity (Wildman–Crippen MR) is 156 cm³/mol. The summed E-state index contributed by atoms with van der Waals surface area (Å²) >= 11 is 0. The van der Waals surface area contributed by atoms with E-state index >= 15 is 0 Å². The van der Waals surface area contributed by atoms with E-state index in [0.29, 0.717) is 40.4 Å². The summed E-state index contributed by atoms with van der Waals surface area (Å²) in [7, 11) is 7.48. The van der Waals surface area contributed by atoms with E-state index in [2.05, 4.69) is 32.1 Å². The van der Waals surface area contributed by atoms with Crippen LogP contribution in [0.15, 0.2) is 67.5 Å². The van der Waals surface area contributed by atoms with Gasteiger partial charge in [-0.15, -0.1) is 0 Å². The molecular formula is C29H33F2N7O2.